The van der Waals surface area contributed by atoms with E-state index in [2.05, 4.69) is 9.47 Å². The van der Waals surface area contributed by atoms with Gasteiger partial charge in [0.05, 0.1) is 26.1 Å². The van der Waals surface area contributed by atoms with Crippen molar-refractivity contribution in [3.05, 3.63) is 0 Å². The Kier molecular flexibility index (Phi) is 12.5. The van der Waals surface area contributed by atoms with Crippen molar-refractivity contribution < 1.29 is 133 Å². The summed E-state index contributed by atoms with van der Waals surface area (Å²) in [6.07, 6.45) is -27.1. The minimum atomic E-state index is -8.27. The van der Waals surface area contributed by atoms with Gasteiger partial charge in [0.1, 0.15) is 0 Å². The van der Waals surface area contributed by atoms with Crippen molar-refractivity contribution in [1.82, 2.24) is 0 Å². The van der Waals surface area contributed by atoms with Gasteiger partial charge in [0.15, 0.2) is 0 Å². The summed E-state index contributed by atoms with van der Waals surface area (Å²) in [5.74, 6) is -78.3. The maximum Gasteiger partial charge on any atom is 0.460 e. The third kappa shape index (κ3) is 7.65. The van der Waals surface area contributed by atoms with E-state index in [1.807, 2.05) is 10.2 Å². The number of alkyl halides is 26. The maximum absolute atomic E-state index is 13.5. The van der Waals surface area contributed by atoms with Crippen LogP contribution < -0.4 is 0 Å². The summed E-state index contributed by atoms with van der Waals surface area (Å²) in [5.41, 5.74) is 0. The molecular formula is C18H8F26N2O4. The van der Waals surface area contributed by atoms with Crippen molar-refractivity contribution in [2.24, 2.45) is 10.2 Å². The van der Waals surface area contributed by atoms with Crippen LogP contribution in [0.15, 0.2) is 10.2 Å². The van der Waals surface area contributed by atoms with E-state index in [4.69, 9.17) is 0 Å². The van der Waals surface area contributed by atoms with Gasteiger partial charge in [-0.15, -0.1) is 0 Å². The number of carbonyl (C=O) groups is 2. The lowest BCUT2D eigenvalue weighted by Crippen LogP contribution is -2.70. The Balaban J connectivity index is 5.51. The number of carbonyl (C=O) groups excluding carboxylic acids is 2. The van der Waals surface area contributed by atoms with Crippen molar-refractivity contribution >= 4 is 12.2 Å². The number of rotatable bonds is 14. The minimum Gasteiger partial charge on any atom is -0.447 e. The molecule has 0 aromatic rings. The molecule has 0 aliphatic rings. The van der Waals surface area contributed by atoms with Crippen LogP contribution >= 0.6 is 0 Å². The van der Waals surface area contributed by atoms with E-state index in [1.165, 1.54) is 0 Å². The van der Waals surface area contributed by atoms with Crippen LogP contribution in [-0.2, 0) is 9.47 Å². The topological polar surface area (TPSA) is 77.3 Å². The first kappa shape index (κ1) is 46.7. The second-order valence-electron chi connectivity index (χ2n) is 8.93. The molecule has 32 heteroatoms. The van der Waals surface area contributed by atoms with Gasteiger partial charge in [0.25, 0.3) is 0 Å². The highest BCUT2D eigenvalue weighted by molar-refractivity contribution is 5.73. The van der Waals surface area contributed by atoms with Crippen LogP contribution in [-0.4, -0.2) is 97.0 Å². The fourth-order valence-corrected chi connectivity index (χ4v) is 2.59. The van der Waals surface area contributed by atoms with Crippen LogP contribution in [0.25, 0.3) is 0 Å². The first-order valence-electron chi connectivity index (χ1n) is 11.2. The Labute approximate surface area is 254 Å². The second-order valence-corrected chi connectivity index (χ2v) is 8.93. The van der Waals surface area contributed by atoms with Crippen LogP contribution in [0.2, 0.25) is 0 Å². The molecule has 0 heterocycles. The Morgan fingerprint density at radius 2 is 0.540 bits per heavy atom. The van der Waals surface area contributed by atoms with Gasteiger partial charge < -0.3 is 9.47 Å². The molecule has 0 unspecified atom stereocenters. The molecule has 2 amide bonds. The molecule has 0 saturated carbocycles. The highest BCUT2D eigenvalue weighted by atomic mass is 19.4. The van der Waals surface area contributed by atoms with E-state index in [1.54, 1.807) is 0 Å². The zero-order chi connectivity index (χ0) is 40.8. The Morgan fingerprint density at radius 1 is 0.340 bits per heavy atom. The molecule has 0 saturated heterocycles. The monoisotopic (exact) mass is 810 g/mol. The molecule has 0 spiro atoms. The van der Waals surface area contributed by atoms with Gasteiger partial charge in [0, 0.05) is 0 Å². The van der Waals surface area contributed by atoms with Gasteiger partial charge in [-0.2, -0.15) is 114 Å². The summed E-state index contributed by atoms with van der Waals surface area (Å²) in [5, 5.41) is 3.72. The zero-order valence-electron chi connectivity index (χ0n) is 22.2. The summed E-state index contributed by atoms with van der Waals surface area (Å²) in [7, 11) is 0. The fraction of sp³-hybridized carbons (Fsp3) is 0.889. The molecule has 0 fully saturated rings. The molecule has 0 bridgehead atoms. The number of amides is 2. The minimum absolute atomic E-state index is 1.86. The average molecular weight is 810 g/mol. The standard InChI is InChI=1S/C18H8F26N2O4/c19-7(20,9(23,24)11(27,28)13(31,32)15(35,36)17(39,40)41)1-3-49-5(47)45-46-6(48)50-4-2-8(21,22)10(25,26)12(29,30)14(33,34)16(37,38)18(42,43)44/h1-4H2/b46-45+. The fourth-order valence-electron chi connectivity index (χ4n) is 2.59. The molecule has 0 aliphatic heterocycles. The third-order valence-corrected chi connectivity index (χ3v) is 5.49. The van der Waals surface area contributed by atoms with E-state index in [0.717, 1.165) is 0 Å². The van der Waals surface area contributed by atoms with Crippen LogP contribution in [0.5, 0.6) is 0 Å². The van der Waals surface area contributed by atoms with Crippen molar-refractivity contribution in [3.8, 4) is 0 Å². The smallest absolute Gasteiger partial charge is 0.447 e. The van der Waals surface area contributed by atoms with Crippen molar-refractivity contribution in [1.29, 1.82) is 0 Å². The molecule has 0 atom stereocenters. The second kappa shape index (κ2) is 13.4. The van der Waals surface area contributed by atoms with E-state index in [-0.39, 0.29) is 0 Å². The van der Waals surface area contributed by atoms with Gasteiger partial charge >= 0.3 is 83.8 Å². The highest BCUT2D eigenvalue weighted by Crippen LogP contribution is 2.62. The summed E-state index contributed by atoms with van der Waals surface area (Å²) in [6.45, 7) is -4.94. The molecule has 0 radical (unpaired) electrons. The van der Waals surface area contributed by atoms with E-state index >= 15 is 0 Å². The lowest BCUT2D eigenvalue weighted by molar-refractivity contribution is -0.440. The molecule has 0 N–H and O–H groups in total. The van der Waals surface area contributed by atoms with Gasteiger partial charge in [-0.3, -0.25) is 0 Å². The van der Waals surface area contributed by atoms with Gasteiger partial charge in [-0.1, -0.05) is 10.2 Å². The largest absolute Gasteiger partial charge is 0.460 e. The summed E-state index contributed by atoms with van der Waals surface area (Å²) in [6, 6.07) is 0. The first-order valence-corrected chi connectivity index (χ1v) is 11.2. The van der Waals surface area contributed by atoms with E-state index in [9.17, 15) is 124 Å². The van der Waals surface area contributed by atoms with Gasteiger partial charge in [0.2, 0.25) is 0 Å². The summed E-state index contributed by atoms with van der Waals surface area (Å²) >= 11 is 0. The molecule has 6 nitrogen and oxygen atoms in total. The van der Waals surface area contributed by atoms with Crippen LogP contribution in [0.3, 0.4) is 0 Å². The predicted molar refractivity (Wildman–Crippen MR) is 98.4 cm³/mol. The lowest BCUT2D eigenvalue weighted by atomic mass is 9.93. The Bertz CT molecular complexity index is 1160. The number of nitrogens with zero attached hydrogens (tertiary/aromatic N) is 2. The Morgan fingerprint density at radius 3 is 0.740 bits per heavy atom. The van der Waals surface area contributed by atoms with E-state index < -0.39 is 110 Å². The summed E-state index contributed by atoms with van der Waals surface area (Å²) < 4.78 is 344. The molecule has 0 rings (SSSR count). The molecule has 0 aromatic carbocycles. The highest BCUT2D eigenvalue weighted by Gasteiger charge is 2.92. The van der Waals surface area contributed by atoms with Crippen molar-refractivity contribution in [2.75, 3.05) is 13.2 Å². The molecule has 50 heavy (non-hydrogen) atoms. The van der Waals surface area contributed by atoms with Crippen molar-refractivity contribution in [2.45, 2.75) is 84.4 Å². The third-order valence-electron chi connectivity index (χ3n) is 5.49. The number of halogens is 26. The molecule has 296 valence electrons. The molecule has 0 aromatic heterocycles. The lowest BCUT2D eigenvalue weighted by Gasteiger charge is -2.39. The Hall–Kier alpha value is -3.28. The van der Waals surface area contributed by atoms with Crippen molar-refractivity contribution in [3.63, 3.8) is 0 Å². The SMILES string of the molecule is O=C(/N=N/C(=O)OCCC(F)(F)C(F)(F)C(F)(F)C(F)(F)C(F)(F)C(F)(F)F)OCCC(F)(F)C(F)(F)C(F)(F)C(F)(F)C(F)(F)C(F)(F)F. The number of hydrogen-bond donors (Lipinski definition) is 0. The average Bonchev–Trinajstić information content (AvgIpc) is 2.89. The zero-order valence-corrected chi connectivity index (χ0v) is 22.2. The first-order chi connectivity index (χ1) is 21.5. The normalized spacial score (nSPS) is 15.8. The quantitative estimate of drug-likeness (QED) is 0.129. The number of ether oxygens (including phenoxy) is 2. The number of azo groups is 1. The summed E-state index contributed by atoms with van der Waals surface area (Å²) in [4.78, 5) is 22.1. The van der Waals surface area contributed by atoms with Crippen LogP contribution in [0, 0.1) is 0 Å². The van der Waals surface area contributed by atoms with Crippen LogP contribution in [0.4, 0.5) is 124 Å². The van der Waals surface area contributed by atoms with Gasteiger partial charge in [-0.25, -0.2) is 9.59 Å². The maximum atomic E-state index is 13.5. The van der Waals surface area contributed by atoms with Gasteiger partial charge in [-0.05, 0) is 0 Å². The predicted octanol–water partition coefficient (Wildman–Crippen LogP) is 9.97. The molecular weight excluding hydrogens is 802 g/mol. The molecule has 0 aliphatic carbocycles. The number of hydrogen-bond acceptors (Lipinski definition) is 4. The van der Waals surface area contributed by atoms with E-state index in [0.29, 0.717) is 0 Å². The van der Waals surface area contributed by atoms with Crippen LogP contribution in [0.1, 0.15) is 12.8 Å².